The second-order valence-electron chi connectivity index (χ2n) is 4.72. The van der Waals surface area contributed by atoms with Crippen molar-refractivity contribution in [3.05, 3.63) is 47.0 Å². The third kappa shape index (κ3) is 5.15. The highest BCUT2D eigenvalue weighted by atomic mass is 32.1. The van der Waals surface area contributed by atoms with Crippen molar-refractivity contribution in [1.82, 2.24) is 4.98 Å². The molecule has 1 heterocycles. The van der Waals surface area contributed by atoms with Gasteiger partial charge in [0, 0.05) is 31.0 Å². The fraction of sp³-hybridized carbons (Fsp3) is 0.125. The van der Waals surface area contributed by atoms with E-state index in [1.54, 1.807) is 35.7 Å². The van der Waals surface area contributed by atoms with Gasteiger partial charge in [-0.3, -0.25) is 19.7 Å². The summed E-state index contributed by atoms with van der Waals surface area (Å²) in [7, 11) is 0. The van der Waals surface area contributed by atoms with Gasteiger partial charge >= 0.3 is 0 Å². The van der Waals surface area contributed by atoms with E-state index in [-0.39, 0.29) is 17.6 Å². The Labute approximate surface area is 137 Å². The second-order valence-corrected chi connectivity index (χ2v) is 5.58. The molecule has 0 saturated carbocycles. The molecule has 0 spiro atoms. The van der Waals surface area contributed by atoms with Crippen LogP contribution < -0.4 is 10.6 Å². The molecule has 0 aliphatic carbocycles. The zero-order valence-electron chi connectivity index (χ0n) is 12.6. The molecule has 23 heavy (non-hydrogen) atoms. The van der Waals surface area contributed by atoms with Gasteiger partial charge in [-0.15, -0.1) is 11.3 Å². The summed E-state index contributed by atoms with van der Waals surface area (Å²) in [6.45, 7) is 2.86. The minimum absolute atomic E-state index is 0.138. The Morgan fingerprint density at radius 2 is 1.78 bits per heavy atom. The van der Waals surface area contributed by atoms with Gasteiger partial charge in [-0.05, 0) is 23.8 Å². The smallest absolute Gasteiger partial charge is 0.250 e. The van der Waals surface area contributed by atoms with Crippen molar-refractivity contribution < 1.29 is 14.4 Å². The second kappa shape index (κ2) is 7.46. The molecule has 0 saturated heterocycles. The summed E-state index contributed by atoms with van der Waals surface area (Å²) in [5.41, 5.74) is 1.85. The van der Waals surface area contributed by atoms with Crippen LogP contribution in [-0.4, -0.2) is 22.6 Å². The highest BCUT2D eigenvalue weighted by Crippen LogP contribution is 2.16. The predicted molar refractivity (Wildman–Crippen MR) is 90.5 cm³/mol. The van der Waals surface area contributed by atoms with Crippen molar-refractivity contribution in [2.24, 2.45) is 0 Å². The number of nitrogens with one attached hydrogen (secondary N) is 2. The molecular formula is C16H15N3O3S. The molecule has 118 valence electrons. The number of hydrogen-bond donors (Lipinski definition) is 2. The van der Waals surface area contributed by atoms with Crippen LogP contribution >= 0.6 is 11.3 Å². The zero-order valence-corrected chi connectivity index (χ0v) is 13.4. The van der Waals surface area contributed by atoms with Crippen LogP contribution in [-0.2, 0) is 9.59 Å². The van der Waals surface area contributed by atoms with E-state index in [0.29, 0.717) is 16.5 Å². The van der Waals surface area contributed by atoms with E-state index in [0.717, 1.165) is 5.56 Å². The molecule has 0 bridgehead atoms. The molecular weight excluding hydrogens is 314 g/mol. The van der Waals surface area contributed by atoms with Crippen molar-refractivity contribution in [2.75, 3.05) is 10.6 Å². The lowest BCUT2D eigenvalue weighted by Gasteiger charge is -2.01. The van der Waals surface area contributed by atoms with E-state index in [9.17, 15) is 14.4 Å². The minimum Gasteiger partial charge on any atom is -0.326 e. The Hall–Kier alpha value is -2.80. The van der Waals surface area contributed by atoms with Gasteiger partial charge in [0.15, 0.2) is 10.9 Å². The van der Waals surface area contributed by atoms with Crippen LogP contribution in [0, 0.1) is 0 Å². The number of Topliss-reactive ketones (excluding diaryl/α,β-unsaturated/α-hetero) is 1. The van der Waals surface area contributed by atoms with Crippen LogP contribution in [0.3, 0.4) is 0 Å². The van der Waals surface area contributed by atoms with E-state index in [4.69, 9.17) is 0 Å². The number of anilines is 2. The van der Waals surface area contributed by atoms with Gasteiger partial charge in [-0.25, -0.2) is 4.98 Å². The molecule has 2 rings (SSSR count). The third-order valence-corrected chi connectivity index (χ3v) is 3.51. The Morgan fingerprint density at radius 1 is 1.09 bits per heavy atom. The number of amides is 2. The molecule has 2 amide bonds. The van der Waals surface area contributed by atoms with Crippen molar-refractivity contribution in [3.8, 4) is 0 Å². The average molecular weight is 329 g/mol. The van der Waals surface area contributed by atoms with E-state index < -0.39 is 0 Å². The van der Waals surface area contributed by atoms with Crippen molar-refractivity contribution in [3.63, 3.8) is 0 Å². The van der Waals surface area contributed by atoms with Gasteiger partial charge in [0.2, 0.25) is 11.8 Å². The summed E-state index contributed by atoms with van der Waals surface area (Å²) in [6, 6.07) is 7.07. The first-order chi connectivity index (χ1) is 10.9. The van der Waals surface area contributed by atoms with Crippen LogP contribution in [0.15, 0.2) is 35.7 Å². The number of carbonyl (C=O) groups excluding carboxylic acids is 3. The van der Waals surface area contributed by atoms with Crippen LogP contribution in [0.1, 0.15) is 29.9 Å². The molecule has 0 aliphatic heterocycles. The lowest BCUT2D eigenvalue weighted by Crippen LogP contribution is -2.07. The van der Waals surface area contributed by atoms with Crippen LogP contribution in [0.5, 0.6) is 0 Å². The molecule has 1 aromatic heterocycles. The first-order valence-corrected chi connectivity index (χ1v) is 7.65. The van der Waals surface area contributed by atoms with Gasteiger partial charge in [-0.2, -0.15) is 0 Å². The first-order valence-electron chi connectivity index (χ1n) is 6.77. The molecule has 2 aromatic rings. The largest absolute Gasteiger partial charge is 0.326 e. The summed E-state index contributed by atoms with van der Waals surface area (Å²) in [5, 5.41) is 7.24. The summed E-state index contributed by atoms with van der Waals surface area (Å²) in [5.74, 6) is -0.613. The van der Waals surface area contributed by atoms with Crippen molar-refractivity contribution >= 4 is 45.8 Å². The summed E-state index contributed by atoms with van der Waals surface area (Å²) in [6.07, 6.45) is 3.02. The standard InChI is InChI=1S/C16H15N3O3S/c1-10(20)14-9-23-16(18-14)19-15(22)8-5-12-3-6-13(7-4-12)17-11(2)21/h3-9H,1-2H3,(H,17,21)(H,18,19,22)/b8-5+. The molecule has 6 nitrogen and oxygen atoms in total. The molecule has 0 unspecified atom stereocenters. The number of ketones is 1. The predicted octanol–water partition coefficient (Wildman–Crippen LogP) is 2.96. The number of carbonyl (C=O) groups is 3. The number of benzene rings is 1. The molecule has 0 aliphatic rings. The maximum Gasteiger partial charge on any atom is 0.250 e. The number of aromatic nitrogens is 1. The maximum atomic E-state index is 11.8. The fourth-order valence-electron chi connectivity index (χ4n) is 1.69. The van der Waals surface area contributed by atoms with Gasteiger partial charge in [0.25, 0.3) is 0 Å². The number of rotatable bonds is 5. The van der Waals surface area contributed by atoms with Gasteiger partial charge < -0.3 is 5.32 Å². The third-order valence-electron chi connectivity index (χ3n) is 2.75. The Morgan fingerprint density at radius 3 is 2.35 bits per heavy atom. The van der Waals surface area contributed by atoms with Crippen LogP contribution in [0.4, 0.5) is 10.8 Å². The van der Waals surface area contributed by atoms with Crippen molar-refractivity contribution in [1.29, 1.82) is 0 Å². The van der Waals surface area contributed by atoms with Crippen molar-refractivity contribution in [2.45, 2.75) is 13.8 Å². The number of nitrogens with zero attached hydrogens (tertiary/aromatic N) is 1. The minimum atomic E-state index is -0.333. The topological polar surface area (TPSA) is 88.2 Å². The molecule has 1 aromatic carbocycles. The van der Waals surface area contributed by atoms with E-state index in [2.05, 4.69) is 15.6 Å². The normalized spacial score (nSPS) is 10.5. The van der Waals surface area contributed by atoms with E-state index in [1.807, 2.05) is 0 Å². The summed E-state index contributed by atoms with van der Waals surface area (Å²) < 4.78 is 0. The lowest BCUT2D eigenvalue weighted by atomic mass is 10.2. The van der Waals surface area contributed by atoms with E-state index >= 15 is 0 Å². The monoisotopic (exact) mass is 329 g/mol. The Kier molecular flexibility index (Phi) is 5.37. The summed E-state index contributed by atoms with van der Waals surface area (Å²) >= 11 is 1.20. The highest BCUT2D eigenvalue weighted by molar-refractivity contribution is 7.14. The van der Waals surface area contributed by atoms with Gasteiger partial charge in [0.1, 0.15) is 5.69 Å². The zero-order chi connectivity index (χ0) is 16.8. The molecule has 7 heteroatoms. The van der Waals surface area contributed by atoms with Crippen LogP contribution in [0.25, 0.3) is 6.08 Å². The molecule has 2 N–H and O–H groups in total. The van der Waals surface area contributed by atoms with E-state index in [1.165, 1.54) is 31.3 Å². The number of thiazole rings is 1. The molecule has 0 radical (unpaired) electrons. The Balaban J connectivity index is 1.94. The van der Waals surface area contributed by atoms with Gasteiger partial charge in [-0.1, -0.05) is 12.1 Å². The maximum absolute atomic E-state index is 11.8. The quantitative estimate of drug-likeness (QED) is 0.652. The number of hydrogen-bond acceptors (Lipinski definition) is 5. The fourth-order valence-corrected chi connectivity index (χ4v) is 2.45. The SMILES string of the molecule is CC(=O)Nc1ccc(/C=C/C(=O)Nc2nc(C(C)=O)cs2)cc1. The average Bonchev–Trinajstić information content (AvgIpc) is 2.95. The Bertz CT molecular complexity index is 763. The molecule has 0 atom stereocenters. The first kappa shape index (κ1) is 16.6. The van der Waals surface area contributed by atoms with Gasteiger partial charge in [0.05, 0.1) is 0 Å². The highest BCUT2D eigenvalue weighted by Gasteiger charge is 2.07. The summed E-state index contributed by atoms with van der Waals surface area (Å²) in [4.78, 5) is 37.9. The molecule has 0 fully saturated rings. The lowest BCUT2D eigenvalue weighted by molar-refractivity contribution is -0.114. The van der Waals surface area contributed by atoms with Crippen LogP contribution in [0.2, 0.25) is 0 Å².